The molecule has 0 amide bonds. The van der Waals surface area contributed by atoms with Gasteiger partial charge >= 0.3 is 0 Å². The molecule has 1 heterocycles. The van der Waals surface area contributed by atoms with Crippen molar-refractivity contribution in [2.45, 2.75) is 0 Å². The van der Waals surface area contributed by atoms with E-state index in [-0.39, 0.29) is 0 Å². The van der Waals surface area contributed by atoms with Crippen molar-refractivity contribution in [1.82, 2.24) is 0 Å². The van der Waals surface area contributed by atoms with Crippen LogP contribution in [0.25, 0.3) is 0 Å². The number of hydrogen-bond donors (Lipinski definition) is 0. The van der Waals surface area contributed by atoms with Crippen molar-refractivity contribution < 1.29 is 4.84 Å². The van der Waals surface area contributed by atoms with E-state index in [0.29, 0.717) is 6.61 Å². The van der Waals surface area contributed by atoms with Gasteiger partial charge in [-0.25, -0.2) is 0 Å². The second-order valence-electron chi connectivity index (χ2n) is 0.899. The molecular formula is C4H4NO. The van der Waals surface area contributed by atoms with Crippen molar-refractivity contribution in [3.05, 3.63) is 12.2 Å². The van der Waals surface area contributed by atoms with Crippen LogP contribution in [0.2, 0.25) is 0 Å². The van der Waals surface area contributed by atoms with Crippen LogP contribution < -0.4 is 0 Å². The predicted octanol–water partition coefficient (Wildman–Crippen LogP) is 0.362. The molecular weight excluding hydrogens is 78.0 g/mol. The van der Waals surface area contributed by atoms with Crippen molar-refractivity contribution in [3.63, 3.8) is 0 Å². The molecule has 1 rings (SSSR count). The molecule has 0 aromatic heterocycles. The molecule has 0 saturated carbocycles. The highest BCUT2D eigenvalue weighted by atomic mass is 16.6. The van der Waals surface area contributed by atoms with Crippen LogP contribution in [-0.4, -0.2) is 12.8 Å². The summed E-state index contributed by atoms with van der Waals surface area (Å²) in [5.41, 5.74) is 0. The molecule has 1 aliphatic heterocycles. The van der Waals surface area contributed by atoms with Gasteiger partial charge in [-0.1, -0.05) is 5.16 Å². The second-order valence-corrected chi connectivity index (χ2v) is 0.899. The minimum Gasteiger partial charge on any atom is -0.391 e. The molecule has 31 valence electrons. The number of oxime groups is 1. The lowest BCUT2D eigenvalue weighted by Crippen LogP contribution is -1.87. The number of nitrogens with zero attached hydrogens (tertiary/aromatic N) is 1. The maximum absolute atomic E-state index is 4.50. The van der Waals surface area contributed by atoms with Crippen LogP contribution in [0.15, 0.2) is 11.2 Å². The number of hydrogen-bond acceptors (Lipinski definition) is 2. The highest BCUT2D eigenvalue weighted by Gasteiger charge is 1.78. The Morgan fingerprint density at radius 2 is 2.83 bits per heavy atom. The Bertz CT molecular complexity index is 73.5. The van der Waals surface area contributed by atoms with Crippen LogP contribution >= 0.6 is 0 Å². The third kappa shape index (κ3) is 0.578. The fourth-order valence-electron chi connectivity index (χ4n) is 0.249. The fraction of sp³-hybridized carbons (Fsp3) is 0.250. The lowest BCUT2D eigenvalue weighted by Gasteiger charge is -1.91. The van der Waals surface area contributed by atoms with Crippen molar-refractivity contribution in [3.8, 4) is 0 Å². The Labute approximate surface area is 36.1 Å². The molecule has 0 aromatic carbocycles. The first-order valence-electron chi connectivity index (χ1n) is 1.71. The summed E-state index contributed by atoms with van der Waals surface area (Å²) in [5.74, 6) is 0. The van der Waals surface area contributed by atoms with Gasteiger partial charge in [0.2, 0.25) is 0 Å². The summed E-state index contributed by atoms with van der Waals surface area (Å²) in [4.78, 5) is 4.50. The molecule has 0 saturated heterocycles. The zero-order valence-electron chi connectivity index (χ0n) is 3.22. The topological polar surface area (TPSA) is 21.6 Å². The Morgan fingerprint density at radius 3 is 3.00 bits per heavy atom. The van der Waals surface area contributed by atoms with E-state index in [9.17, 15) is 0 Å². The van der Waals surface area contributed by atoms with E-state index < -0.39 is 0 Å². The van der Waals surface area contributed by atoms with E-state index in [2.05, 4.69) is 16.1 Å². The highest BCUT2D eigenvalue weighted by Crippen LogP contribution is 1.80. The van der Waals surface area contributed by atoms with E-state index in [1.165, 1.54) is 0 Å². The van der Waals surface area contributed by atoms with E-state index in [0.717, 1.165) is 0 Å². The first-order chi connectivity index (χ1) is 3.00. The van der Waals surface area contributed by atoms with Gasteiger partial charge < -0.3 is 4.84 Å². The van der Waals surface area contributed by atoms with Crippen molar-refractivity contribution in [2.24, 2.45) is 5.16 Å². The third-order valence-electron chi connectivity index (χ3n) is 0.476. The average Bonchev–Trinajstić information content (AvgIpc) is 1.72. The maximum atomic E-state index is 4.50. The van der Waals surface area contributed by atoms with Crippen LogP contribution in [0.1, 0.15) is 0 Å². The molecule has 2 heteroatoms. The quantitative estimate of drug-likeness (QED) is 0.413. The molecule has 0 N–H and O–H groups in total. The smallest absolute Gasteiger partial charge is 0.142 e. The Hall–Kier alpha value is -0.790. The van der Waals surface area contributed by atoms with E-state index in [1.54, 1.807) is 12.3 Å². The van der Waals surface area contributed by atoms with Gasteiger partial charge in [-0.2, -0.15) is 0 Å². The first-order valence-corrected chi connectivity index (χ1v) is 1.71. The van der Waals surface area contributed by atoms with Crippen molar-refractivity contribution in [1.29, 1.82) is 0 Å². The summed E-state index contributed by atoms with van der Waals surface area (Å²) in [6.07, 6.45) is 6.07. The van der Waals surface area contributed by atoms with Crippen LogP contribution in [-0.2, 0) is 4.84 Å². The fourth-order valence-corrected chi connectivity index (χ4v) is 0.249. The Balaban J connectivity index is 2.46. The summed E-state index contributed by atoms with van der Waals surface area (Å²) in [6, 6.07) is 0. The molecule has 1 radical (unpaired) electrons. The SMILES string of the molecule is [C]1=CC=NOC1. The molecule has 0 aromatic rings. The van der Waals surface area contributed by atoms with Crippen LogP contribution in [0.4, 0.5) is 0 Å². The summed E-state index contributed by atoms with van der Waals surface area (Å²) >= 11 is 0. The van der Waals surface area contributed by atoms with Crippen LogP contribution in [0.5, 0.6) is 0 Å². The second kappa shape index (κ2) is 1.60. The summed E-state index contributed by atoms with van der Waals surface area (Å²) < 4.78 is 0. The average molecular weight is 82.1 g/mol. The minimum absolute atomic E-state index is 0.497. The van der Waals surface area contributed by atoms with Crippen molar-refractivity contribution in [2.75, 3.05) is 6.61 Å². The third-order valence-corrected chi connectivity index (χ3v) is 0.476. The van der Waals surface area contributed by atoms with E-state index in [4.69, 9.17) is 0 Å². The highest BCUT2D eigenvalue weighted by molar-refractivity contribution is 5.69. The molecule has 1 aliphatic rings. The molecule has 0 bridgehead atoms. The first kappa shape index (κ1) is 3.40. The van der Waals surface area contributed by atoms with Gasteiger partial charge in [-0.05, 0) is 6.08 Å². The normalized spacial score (nSPS) is 17.3. The van der Waals surface area contributed by atoms with Crippen LogP contribution in [0.3, 0.4) is 0 Å². The number of rotatable bonds is 0. The van der Waals surface area contributed by atoms with Gasteiger partial charge in [0.1, 0.15) is 6.61 Å². The number of allylic oxidation sites excluding steroid dienone is 1. The molecule has 0 spiro atoms. The zero-order chi connectivity index (χ0) is 4.24. The monoisotopic (exact) mass is 82.0 g/mol. The van der Waals surface area contributed by atoms with Gasteiger partial charge in [0, 0.05) is 6.08 Å². The standard InChI is InChI=1S/C4H4NO/c1-2-4-6-5-3-1/h1,3H,4H2. The zero-order valence-corrected chi connectivity index (χ0v) is 3.22. The minimum atomic E-state index is 0.497. The van der Waals surface area contributed by atoms with Crippen LogP contribution in [0, 0.1) is 6.08 Å². The molecule has 6 heavy (non-hydrogen) atoms. The molecule has 0 aliphatic carbocycles. The maximum Gasteiger partial charge on any atom is 0.142 e. The Kier molecular flexibility index (Phi) is 0.906. The lowest BCUT2D eigenvalue weighted by molar-refractivity contribution is 0.169. The van der Waals surface area contributed by atoms with E-state index >= 15 is 0 Å². The summed E-state index contributed by atoms with van der Waals surface area (Å²) in [7, 11) is 0. The lowest BCUT2D eigenvalue weighted by atomic mass is 10.5. The van der Waals surface area contributed by atoms with Gasteiger partial charge in [-0.3, -0.25) is 0 Å². The van der Waals surface area contributed by atoms with E-state index in [1.807, 2.05) is 0 Å². The van der Waals surface area contributed by atoms with Gasteiger partial charge in [0.15, 0.2) is 0 Å². The molecule has 0 atom stereocenters. The summed E-state index contributed by atoms with van der Waals surface area (Å²) in [6.45, 7) is 0.497. The molecule has 0 unspecified atom stereocenters. The van der Waals surface area contributed by atoms with Gasteiger partial charge in [0.05, 0.1) is 6.21 Å². The predicted molar refractivity (Wildman–Crippen MR) is 22.3 cm³/mol. The largest absolute Gasteiger partial charge is 0.391 e. The summed E-state index contributed by atoms with van der Waals surface area (Å²) in [5, 5.41) is 3.43. The van der Waals surface area contributed by atoms with Gasteiger partial charge in [0.25, 0.3) is 0 Å². The van der Waals surface area contributed by atoms with Gasteiger partial charge in [-0.15, -0.1) is 0 Å². The Morgan fingerprint density at radius 1 is 1.83 bits per heavy atom. The molecule has 2 nitrogen and oxygen atoms in total. The molecule has 0 fully saturated rings. The van der Waals surface area contributed by atoms with Crippen molar-refractivity contribution >= 4 is 6.21 Å².